The minimum Gasteiger partial charge on any atom is -0.462 e. The Morgan fingerprint density at radius 2 is 1.88 bits per heavy atom. The van der Waals surface area contributed by atoms with E-state index >= 15 is 0 Å². The second kappa shape index (κ2) is 7.32. The molecule has 0 atom stereocenters. The molecule has 4 heteroatoms. The van der Waals surface area contributed by atoms with Crippen molar-refractivity contribution in [3.63, 3.8) is 0 Å². The summed E-state index contributed by atoms with van der Waals surface area (Å²) < 4.78 is 7.67. The molecular formula is C22H24N2O2. The number of hydrogen-bond acceptors (Lipinski definition) is 3. The molecular weight excluding hydrogens is 324 g/mol. The van der Waals surface area contributed by atoms with Gasteiger partial charge in [0, 0.05) is 5.69 Å². The number of esters is 1. The summed E-state index contributed by atoms with van der Waals surface area (Å²) in [6.45, 7) is 2.52. The SMILES string of the molecule is Cc1nc2cc(C(=O)OCC3CCCCC3)ccc2n1-c1ccccc1. The number of ether oxygens (including phenoxy) is 1. The Balaban J connectivity index is 1.55. The quantitative estimate of drug-likeness (QED) is 0.618. The molecule has 1 aliphatic rings. The van der Waals surface area contributed by atoms with E-state index in [4.69, 9.17) is 4.74 Å². The Morgan fingerprint density at radius 3 is 2.65 bits per heavy atom. The van der Waals surface area contributed by atoms with Crippen molar-refractivity contribution in [2.24, 2.45) is 5.92 Å². The average Bonchev–Trinajstić information content (AvgIpc) is 3.02. The zero-order chi connectivity index (χ0) is 17.9. The minimum atomic E-state index is -0.246. The molecule has 0 amide bonds. The lowest BCUT2D eigenvalue weighted by atomic mass is 9.90. The third kappa shape index (κ3) is 3.36. The molecule has 0 radical (unpaired) electrons. The number of fused-ring (bicyclic) bond motifs is 1. The second-order valence-corrected chi connectivity index (χ2v) is 7.14. The number of benzene rings is 2. The van der Waals surface area contributed by atoms with Gasteiger partial charge in [0.1, 0.15) is 5.82 Å². The fourth-order valence-corrected chi connectivity index (χ4v) is 3.86. The molecule has 0 N–H and O–H groups in total. The Hall–Kier alpha value is -2.62. The Bertz CT molecular complexity index is 909. The van der Waals surface area contributed by atoms with Crippen molar-refractivity contribution >= 4 is 17.0 Å². The number of para-hydroxylation sites is 1. The van der Waals surface area contributed by atoms with Crippen molar-refractivity contribution in [2.75, 3.05) is 6.61 Å². The highest BCUT2D eigenvalue weighted by atomic mass is 16.5. The van der Waals surface area contributed by atoms with E-state index in [1.807, 2.05) is 43.3 Å². The largest absolute Gasteiger partial charge is 0.462 e. The molecule has 0 unspecified atom stereocenters. The van der Waals surface area contributed by atoms with Gasteiger partial charge in [0.05, 0.1) is 23.2 Å². The van der Waals surface area contributed by atoms with E-state index in [1.54, 1.807) is 0 Å². The van der Waals surface area contributed by atoms with Crippen LogP contribution in [0.4, 0.5) is 0 Å². The second-order valence-electron chi connectivity index (χ2n) is 7.14. The summed E-state index contributed by atoms with van der Waals surface area (Å²) >= 11 is 0. The Kier molecular flexibility index (Phi) is 4.74. The normalized spacial score (nSPS) is 15.3. The van der Waals surface area contributed by atoms with Crippen molar-refractivity contribution in [2.45, 2.75) is 39.0 Å². The van der Waals surface area contributed by atoms with E-state index in [0.717, 1.165) is 22.5 Å². The van der Waals surface area contributed by atoms with Crippen LogP contribution >= 0.6 is 0 Å². The van der Waals surface area contributed by atoms with Crippen LogP contribution < -0.4 is 0 Å². The van der Waals surface area contributed by atoms with E-state index in [0.29, 0.717) is 18.1 Å². The molecule has 0 spiro atoms. The van der Waals surface area contributed by atoms with Crippen LogP contribution in [0.25, 0.3) is 16.7 Å². The van der Waals surface area contributed by atoms with Gasteiger partial charge in [-0.05, 0) is 56.0 Å². The van der Waals surface area contributed by atoms with E-state index in [2.05, 4.69) is 21.7 Å². The third-order valence-electron chi connectivity index (χ3n) is 5.25. The van der Waals surface area contributed by atoms with E-state index in [-0.39, 0.29) is 5.97 Å². The molecule has 1 aliphatic carbocycles. The van der Waals surface area contributed by atoms with Crippen LogP contribution in [0.2, 0.25) is 0 Å². The first kappa shape index (κ1) is 16.8. The van der Waals surface area contributed by atoms with Crippen LogP contribution in [-0.2, 0) is 4.74 Å². The molecule has 1 saturated carbocycles. The lowest BCUT2D eigenvalue weighted by Gasteiger charge is -2.21. The molecule has 26 heavy (non-hydrogen) atoms. The first-order valence-electron chi connectivity index (χ1n) is 9.44. The predicted molar refractivity (Wildman–Crippen MR) is 103 cm³/mol. The van der Waals surface area contributed by atoms with Crippen molar-refractivity contribution in [1.82, 2.24) is 9.55 Å². The van der Waals surface area contributed by atoms with Crippen molar-refractivity contribution in [3.05, 3.63) is 59.9 Å². The van der Waals surface area contributed by atoms with E-state index in [1.165, 1.54) is 32.1 Å². The van der Waals surface area contributed by atoms with Gasteiger partial charge < -0.3 is 4.74 Å². The highest BCUT2D eigenvalue weighted by Crippen LogP contribution is 2.25. The summed E-state index contributed by atoms with van der Waals surface area (Å²) in [7, 11) is 0. The minimum absolute atomic E-state index is 0.246. The van der Waals surface area contributed by atoms with Gasteiger partial charge >= 0.3 is 5.97 Å². The first-order valence-corrected chi connectivity index (χ1v) is 9.44. The summed E-state index contributed by atoms with van der Waals surface area (Å²) in [5.74, 6) is 1.18. The Morgan fingerprint density at radius 1 is 1.12 bits per heavy atom. The van der Waals surface area contributed by atoms with Gasteiger partial charge in [0.15, 0.2) is 0 Å². The lowest BCUT2D eigenvalue weighted by Crippen LogP contribution is -2.16. The van der Waals surface area contributed by atoms with Crippen molar-refractivity contribution < 1.29 is 9.53 Å². The number of aromatic nitrogens is 2. The Labute approximate surface area is 153 Å². The van der Waals surface area contributed by atoms with Gasteiger partial charge in [0.25, 0.3) is 0 Å². The van der Waals surface area contributed by atoms with E-state index in [9.17, 15) is 4.79 Å². The predicted octanol–water partition coefficient (Wildman–Crippen LogP) is 5.07. The lowest BCUT2D eigenvalue weighted by molar-refractivity contribution is 0.0410. The highest BCUT2D eigenvalue weighted by Gasteiger charge is 2.17. The number of carbonyl (C=O) groups is 1. The molecule has 134 valence electrons. The fourth-order valence-electron chi connectivity index (χ4n) is 3.86. The van der Waals surface area contributed by atoms with Crippen LogP contribution in [0.3, 0.4) is 0 Å². The average molecular weight is 348 g/mol. The zero-order valence-electron chi connectivity index (χ0n) is 15.1. The van der Waals surface area contributed by atoms with Gasteiger partial charge in [-0.1, -0.05) is 37.5 Å². The van der Waals surface area contributed by atoms with Crippen molar-refractivity contribution in [3.8, 4) is 5.69 Å². The number of rotatable bonds is 4. The first-order chi connectivity index (χ1) is 12.7. The van der Waals surface area contributed by atoms with E-state index < -0.39 is 0 Å². The van der Waals surface area contributed by atoms with Crippen molar-refractivity contribution in [1.29, 1.82) is 0 Å². The summed E-state index contributed by atoms with van der Waals surface area (Å²) in [5, 5.41) is 0. The highest BCUT2D eigenvalue weighted by molar-refractivity contribution is 5.94. The maximum atomic E-state index is 12.4. The number of imidazole rings is 1. The molecule has 3 aromatic rings. The zero-order valence-corrected chi connectivity index (χ0v) is 15.1. The number of aryl methyl sites for hydroxylation is 1. The molecule has 1 aromatic heterocycles. The monoisotopic (exact) mass is 348 g/mol. The molecule has 0 aliphatic heterocycles. The molecule has 1 heterocycles. The van der Waals surface area contributed by atoms with Crippen LogP contribution in [0.15, 0.2) is 48.5 Å². The van der Waals surface area contributed by atoms with Gasteiger partial charge in [-0.3, -0.25) is 4.57 Å². The van der Waals surface area contributed by atoms with Crippen LogP contribution in [0.5, 0.6) is 0 Å². The third-order valence-corrected chi connectivity index (χ3v) is 5.25. The summed E-state index contributed by atoms with van der Waals surface area (Å²) in [6.07, 6.45) is 6.17. The number of carbonyl (C=O) groups excluding carboxylic acids is 1. The number of nitrogens with zero attached hydrogens (tertiary/aromatic N) is 2. The summed E-state index contributed by atoms with van der Waals surface area (Å²) in [5.41, 5.74) is 3.46. The van der Waals surface area contributed by atoms with Gasteiger partial charge in [-0.25, -0.2) is 9.78 Å². The smallest absolute Gasteiger partial charge is 0.338 e. The summed E-state index contributed by atoms with van der Waals surface area (Å²) in [6, 6.07) is 15.8. The van der Waals surface area contributed by atoms with Crippen LogP contribution in [-0.4, -0.2) is 22.1 Å². The maximum Gasteiger partial charge on any atom is 0.338 e. The topological polar surface area (TPSA) is 44.1 Å². The molecule has 2 aromatic carbocycles. The van der Waals surface area contributed by atoms with Crippen LogP contribution in [0.1, 0.15) is 48.3 Å². The van der Waals surface area contributed by atoms with Gasteiger partial charge in [0.2, 0.25) is 0 Å². The fraction of sp³-hybridized carbons (Fsp3) is 0.364. The number of hydrogen-bond donors (Lipinski definition) is 0. The van der Waals surface area contributed by atoms with Crippen LogP contribution in [0, 0.1) is 12.8 Å². The van der Waals surface area contributed by atoms with Gasteiger partial charge in [-0.2, -0.15) is 0 Å². The molecule has 1 fully saturated rings. The summed E-state index contributed by atoms with van der Waals surface area (Å²) in [4.78, 5) is 17.1. The van der Waals surface area contributed by atoms with Gasteiger partial charge in [-0.15, -0.1) is 0 Å². The molecule has 0 saturated heterocycles. The molecule has 4 rings (SSSR count). The maximum absolute atomic E-state index is 12.4. The molecule has 0 bridgehead atoms. The molecule has 4 nitrogen and oxygen atoms in total. The standard InChI is InChI=1S/C22H24N2O2/c1-16-23-20-14-18(22(25)26-15-17-8-4-2-5-9-17)12-13-21(20)24(16)19-10-6-3-7-11-19/h3,6-7,10-14,17H,2,4-5,8-9,15H2,1H3.